The summed E-state index contributed by atoms with van der Waals surface area (Å²) in [6.07, 6.45) is 4.84. The highest BCUT2D eigenvalue weighted by Crippen LogP contribution is 2.49. The number of esters is 2. The molecule has 1 aromatic heterocycles. The van der Waals surface area contributed by atoms with Crippen LogP contribution in [0.4, 0.5) is 0 Å². The molecule has 0 radical (unpaired) electrons. The lowest BCUT2D eigenvalue weighted by Gasteiger charge is -2.20. The molecule has 0 N–H and O–H groups in total. The first kappa shape index (κ1) is 20.7. The molecule has 162 valence electrons. The van der Waals surface area contributed by atoms with Gasteiger partial charge in [-0.3, -0.25) is 0 Å². The highest BCUT2D eigenvalue weighted by molar-refractivity contribution is 7.21. The molecule has 0 spiro atoms. The van der Waals surface area contributed by atoms with Gasteiger partial charge >= 0.3 is 11.9 Å². The van der Waals surface area contributed by atoms with E-state index in [-0.39, 0.29) is 36.3 Å². The van der Waals surface area contributed by atoms with E-state index < -0.39 is 5.97 Å². The largest absolute Gasteiger partial charge is 0.457 e. The molecule has 3 heterocycles. The third-order valence-corrected chi connectivity index (χ3v) is 8.20. The summed E-state index contributed by atoms with van der Waals surface area (Å²) in [5.74, 6) is -0.819. The molecular formula is C24H23ClO5S. The highest BCUT2D eigenvalue weighted by atomic mass is 35.5. The Morgan fingerprint density at radius 1 is 1.39 bits per heavy atom. The van der Waals surface area contributed by atoms with Crippen molar-refractivity contribution >= 4 is 45.0 Å². The summed E-state index contributed by atoms with van der Waals surface area (Å²) in [7, 11) is 0. The van der Waals surface area contributed by atoms with Crippen molar-refractivity contribution < 1.29 is 23.8 Å². The van der Waals surface area contributed by atoms with Crippen molar-refractivity contribution in [2.24, 2.45) is 5.92 Å². The lowest BCUT2D eigenvalue weighted by atomic mass is 9.84. The summed E-state index contributed by atoms with van der Waals surface area (Å²) >= 11 is 7.76. The number of allylic oxidation sites excluding steroid dienone is 1. The second kappa shape index (κ2) is 7.76. The topological polar surface area (TPSA) is 65.1 Å². The summed E-state index contributed by atoms with van der Waals surface area (Å²) in [5, 5.41) is 1.30. The third kappa shape index (κ3) is 3.71. The smallest absolute Gasteiger partial charge is 0.350 e. The fourth-order valence-corrected chi connectivity index (χ4v) is 6.02. The van der Waals surface area contributed by atoms with Crippen molar-refractivity contribution in [2.75, 3.05) is 6.61 Å². The molecule has 0 amide bonds. The van der Waals surface area contributed by atoms with Gasteiger partial charge in [-0.25, -0.2) is 9.59 Å². The molecule has 3 aliphatic rings. The highest BCUT2D eigenvalue weighted by Gasteiger charge is 2.61. The van der Waals surface area contributed by atoms with Crippen LogP contribution in [0.25, 0.3) is 10.1 Å². The molecule has 2 aliphatic heterocycles. The number of ether oxygens (including phenoxy) is 3. The molecule has 5 nitrogen and oxygen atoms in total. The number of fused-ring (bicyclic) bond motifs is 4. The summed E-state index contributed by atoms with van der Waals surface area (Å²) in [4.78, 5) is 25.2. The van der Waals surface area contributed by atoms with E-state index in [1.165, 1.54) is 11.3 Å². The molecule has 1 aromatic carbocycles. The Kier molecular flexibility index (Phi) is 5.19. The van der Waals surface area contributed by atoms with Crippen LogP contribution < -0.4 is 0 Å². The zero-order valence-electron chi connectivity index (χ0n) is 17.2. The molecule has 2 saturated heterocycles. The first-order valence-electron chi connectivity index (χ1n) is 10.5. The SMILES string of the molecule is C=C1C(=O)O[C@@H]2[C@H]3O[C@]3(C)CC/C=C(/COC(=O)c3sc4ccccc4c3Cl)CC[C@@H]12. The van der Waals surface area contributed by atoms with E-state index >= 15 is 0 Å². The second-order valence-corrected chi connectivity index (χ2v) is 10.0. The number of thiophene rings is 1. The maximum Gasteiger partial charge on any atom is 0.350 e. The van der Waals surface area contributed by atoms with Gasteiger partial charge in [0.05, 0.1) is 10.6 Å². The number of halogens is 1. The minimum absolute atomic E-state index is 0.0661. The third-order valence-electron chi connectivity index (χ3n) is 6.55. The first-order valence-corrected chi connectivity index (χ1v) is 11.7. The van der Waals surface area contributed by atoms with Crippen molar-refractivity contribution in [3.8, 4) is 0 Å². The average molecular weight is 459 g/mol. The van der Waals surface area contributed by atoms with Crippen LogP contribution >= 0.6 is 22.9 Å². The zero-order valence-corrected chi connectivity index (χ0v) is 18.8. The molecule has 4 atom stereocenters. The van der Waals surface area contributed by atoms with E-state index in [1.807, 2.05) is 24.3 Å². The van der Waals surface area contributed by atoms with E-state index in [9.17, 15) is 9.59 Å². The van der Waals surface area contributed by atoms with Gasteiger partial charge in [0.15, 0.2) is 0 Å². The summed E-state index contributed by atoms with van der Waals surface area (Å²) in [6.45, 7) is 6.20. The second-order valence-electron chi connectivity index (χ2n) is 8.61. The molecule has 5 rings (SSSR count). The van der Waals surface area contributed by atoms with Crippen molar-refractivity contribution in [3.63, 3.8) is 0 Å². The number of hydrogen-bond acceptors (Lipinski definition) is 6. The van der Waals surface area contributed by atoms with Crippen LogP contribution in [0.1, 0.15) is 42.3 Å². The van der Waals surface area contributed by atoms with Crippen molar-refractivity contribution in [3.05, 3.63) is 58.0 Å². The Balaban J connectivity index is 1.30. The number of rotatable bonds is 3. The van der Waals surface area contributed by atoms with E-state index in [2.05, 4.69) is 19.6 Å². The fourth-order valence-electron chi connectivity index (χ4n) is 4.62. The van der Waals surface area contributed by atoms with Gasteiger partial charge in [-0.05, 0) is 44.2 Å². The van der Waals surface area contributed by atoms with Crippen LogP contribution in [-0.4, -0.2) is 36.4 Å². The number of hydrogen-bond donors (Lipinski definition) is 0. The van der Waals surface area contributed by atoms with Gasteiger partial charge in [0.1, 0.15) is 23.7 Å². The molecule has 1 aliphatic carbocycles. The molecule has 7 heteroatoms. The number of carbonyl (C=O) groups is 2. The molecule has 2 aromatic rings. The van der Waals surface area contributed by atoms with Gasteiger partial charge in [0, 0.05) is 21.6 Å². The molecule has 31 heavy (non-hydrogen) atoms. The van der Waals surface area contributed by atoms with Gasteiger partial charge < -0.3 is 14.2 Å². The van der Waals surface area contributed by atoms with Gasteiger partial charge in [0.2, 0.25) is 0 Å². The standard InChI is InChI=1S/C24H23ClO5S/c1-13-15-10-9-14(6-5-11-24(2)21(30-24)19(15)29-22(13)26)12-28-23(27)20-18(25)16-7-3-4-8-17(16)31-20/h3-4,6-8,15,19,21H,1,5,9-12H2,2H3/b14-6+/t15-,19-,21+,24+/m0/s1. The Hall–Kier alpha value is -2.15. The van der Waals surface area contributed by atoms with Gasteiger partial charge in [0.25, 0.3) is 0 Å². The minimum Gasteiger partial charge on any atom is -0.457 e. The van der Waals surface area contributed by atoms with Crippen LogP contribution in [0.5, 0.6) is 0 Å². The van der Waals surface area contributed by atoms with Gasteiger partial charge in [-0.1, -0.05) is 42.5 Å². The Morgan fingerprint density at radius 3 is 3.00 bits per heavy atom. The summed E-state index contributed by atoms with van der Waals surface area (Å²) in [5.41, 5.74) is 1.25. The Labute approximate surface area is 189 Å². The lowest BCUT2D eigenvalue weighted by Crippen LogP contribution is -2.29. The summed E-state index contributed by atoms with van der Waals surface area (Å²) in [6, 6.07) is 7.65. The van der Waals surface area contributed by atoms with Crippen LogP contribution in [0, 0.1) is 5.92 Å². The van der Waals surface area contributed by atoms with Crippen LogP contribution in [-0.2, 0) is 19.0 Å². The molecule has 0 bridgehead atoms. The van der Waals surface area contributed by atoms with Crippen LogP contribution in [0.3, 0.4) is 0 Å². The fraction of sp³-hybridized carbons (Fsp3) is 0.417. The lowest BCUT2D eigenvalue weighted by molar-refractivity contribution is -0.140. The van der Waals surface area contributed by atoms with Crippen molar-refractivity contribution in [1.29, 1.82) is 0 Å². The first-order chi connectivity index (χ1) is 14.9. The van der Waals surface area contributed by atoms with Gasteiger partial charge in [-0.2, -0.15) is 0 Å². The average Bonchev–Trinajstić information content (AvgIpc) is 3.19. The number of benzene rings is 1. The van der Waals surface area contributed by atoms with Crippen molar-refractivity contribution in [2.45, 2.75) is 50.4 Å². The minimum atomic E-state index is -0.414. The van der Waals surface area contributed by atoms with Crippen LogP contribution in [0.15, 0.2) is 48.1 Å². The van der Waals surface area contributed by atoms with Crippen LogP contribution in [0.2, 0.25) is 5.02 Å². The van der Waals surface area contributed by atoms with E-state index in [4.69, 9.17) is 25.8 Å². The number of epoxide rings is 1. The number of carbonyl (C=O) groups excluding carboxylic acids is 2. The molecule has 0 saturated carbocycles. The summed E-state index contributed by atoms with van der Waals surface area (Å²) < 4.78 is 18.1. The predicted molar refractivity (Wildman–Crippen MR) is 119 cm³/mol. The van der Waals surface area contributed by atoms with Crippen molar-refractivity contribution in [1.82, 2.24) is 0 Å². The molecule has 0 unspecified atom stereocenters. The van der Waals surface area contributed by atoms with Gasteiger partial charge in [-0.15, -0.1) is 11.3 Å². The monoisotopic (exact) mass is 458 g/mol. The predicted octanol–water partition coefficient (Wildman–Crippen LogP) is 5.47. The normalized spacial score (nSPS) is 31.9. The van der Waals surface area contributed by atoms with E-state index in [1.54, 1.807) is 0 Å². The molecule has 2 fully saturated rings. The zero-order chi connectivity index (χ0) is 21.8. The maximum atomic E-state index is 12.7. The Bertz CT molecular complexity index is 1120. The Morgan fingerprint density at radius 2 is 2.19 bits per heavy atom. The quantitative estimate of drug-likeness (QED) is 0.264. The van der Waals surface area contributed by atoms with E-state index in [0.717, 1.165) is 28.5 Å². The maximum absolute atomic E-state index is 12.7. The van der Waals surface area contributed by atoms with E-state index in [0.29, 0.717) is 28.3 Å². The molecular weight excluding hydrogens is 436 g/mol.